The molecule has 0 aromatic heterocycles. The molecule has 0 fully saturated rings. The van der Waals surface area contributed by atoms with Gasteiger partial charge in [-0.25, -0.2) is 0 Å². The van der Waals surface area contributed by atoms with E-state index in [0.29, 0.717) is 0 Å². The summed E-state index contributed by atoms with van der Waals surface area (Å²) in [6.45, 7) is 5.79. The smallest absolute Gasteiger partial charge is 0.0259 e. The summed E-state index contributed by atoms with van der Waals surface area (Å²) in [4.78, 5) is 0. The van der Waals surface area contributed by atoms with Crippen molar-refractivity contribution in [3.63, 3.8) is 0 Å². The summed E-state index contributed by atoms with van der Waals surface area (Å²) < 4.78 is 0. The molecule has 1 atom stereocenters. The molecule has 0 nitrogen and oxygen atoms in total. The summed E-state index contributed by atoms with van der Waals surface area (Å²) in [6, 6.07) is 6.26. The molecule has 0 aliphatic heterocycles. The van der Waals surface area contributed by atoms with Gasteiger partial charge in [0.15, 0.2) is 0 Å². The van der Waals surface area contributed by atoms with Crippen LogP contribution in [0.15, 0.2) is 24.8 Å². The molecule has 0 radical (unpaired) electrons. The molecule has 0 saturated heterocycles. The fraction of sp³-hybridized carbons (Fsp3) is 0.111. The van der Waals surface area contributed by atoms with Gasteiger partial charge in [0.1, 0.15) is 0 Å². The van der Waals surface area contributed by atoms with Crippen LogP contribution in [0.2, 0.25) is 0 Å². The maximum atomic E-state index is 3.69. The monoisotopic (exact) mass is 150 g/mol. The molecule has 0 aliphatic carbocycles. The van der Waals surface area contributed by atoms with E-state index in [1.807, 2.05) is 6.08 Å². The van der Waals surface area contributed by atoms with E-state index in [4.69, 9.17) is 0 Å². The highest BCUT2D eigenvalue weighted by Gasteiger charge is 1.90. The molecule has 10 heavy (non-hydrogen) atoms. The summed E-state index contributed by atoms with van der Waals surface area (Å²) >= 11 is 0. The molecule has 0 spiro atoms. The van der Waals surface area contributed by atoms with Gasteiger partial charge in [0, 0.05) is 0 Å². The minimum Gasteiger partial charge on any atom is -0.105 e. The van der Waals surface area contributed by atoms with Crippen molar-refractivity contribution in [1.29, 1.82) is 0 Å². The van der Waals surface area contributed by atoms with Crippen LogP contribution in [0.1, 0.15) is 11.1 Å². The van der Waals surface area contributed by atoms with Crippen LogP contribution in [-0.2, 0) is 0 Å². The van der Waals surface area contributed by atoms with E-state index >= 15 is 0 Å². The van der Waals surface area contributed by atoms with Crippen LogP contribution < -0.4 is 5.30 Å². The van der Waals surface area contributed by atoms with Gasteiger partial charge in [-0.1, -0.05) is 30.9 Å². The first-order chi connectivity index (χ1) is 4.74. The number of hydrogen-bond acceptors (Lipinski definition) is 0. The van der Waals surface area contributed by atoms with E-state index in [1.165, 1.54) is 16.4 Å². The Morgan fingerprint density at radius 1 is 1.50 bits per heavy atom. The summed E-state index contributed by atoms with van der Waals surface area (Å²) in [6.07, 6.45) is 1.86. The van der Waals surface area contributed by atoms with Gasteiger partial charge >= 0.3 is 0 Å². The largest absolute Gasteiger partial charge is 0.105 e. The second-order valence-electron chi connectivity index (χ2n) is 2.32. The van der Waals surface area contributed by atoms with Crippen molar-refractivity contribution >= 4 is 20.6 Å². The lowest BCUT2D eigenvalue weighted by atomic mass is 10.1. The highest BCUT2D eigenvalue weighted by Crippen LogP contribution is 2.05. The predicted molar refractivity (Wildman–Crippen MR) is 50.6 cm³/mol. The Balaban J connectivity index is 3.16. The standard InChI is InChI=1S/C9H11P/c1-3-8-4-5-9(10)7(2)6-8/h3-6H,1,10H2,2H3. The molecule has 1 aromatic rings. The third-order valence-corrected chi connectivity index (χ3v) is 2.18. The number of benzene rings is 1. The molecule has 1 unspecified atom stereocenters. The van der Waals surface area contributed by atoms with Crippen molar-refractivity contribution in [1.82, 2.24) is 0 Å². The number of rotatable bonds is 1. The van der Waals surface area contributed by atoms with E-state index in [9.17, 15) is 0 Å². The Morgan fingerprint density at radius 2 is 2.20 bits per heavy atom. The van der Waals surface area contributed by atoms with Gasteiger partial charge < -0.3 is 0 Å². The molecule has 0 N–H and O–H groups in total. The first-order valence-electron chi connectivity index (χ1n) is 3.22. The van der Waals surface area contributed by atoms with Crippen LogP contribution in [0.5, 0.6) is 0 Å². The van der Waals surface area contributed by atoms with Crippen LogP contribution in [0.3, 0.4) is 0 Å². The summed E-state index contributed by atoms with van der Waals surface area (Å²) in [5, 5.41) is 1.26. The molecule has 0 amide bonds. The molecular weight excluding hydrogens is 139 g/mol. The van der Waals surface area contributed by atoms with Gasteiger partial charge in [-0.15, -0.1) is 9.24 Å². The van der Waals surface area contributed by atoms with Crippen LogP contribution >= 0.6 is 9.24 Å². The Morgan fingerprint density at radius 3 is 2.70 bits per heavy atom. The highest BCUT2D eigenvalue weighted by molar-refractivity contribution is 7.27. The first-order valence-corrected chi connectivity index (χ1v) is 3.80. The normalized spacial score (nSPS) is 9.40. The summed E-state index contributed by atoms with van der Waals surface area (Å²) in [5.74, 6) is 0. The van der Waals surface area contributed by atoms with Gasteiger partial charge in [0.25, 0.3) is 0 Å². The third-order valence-electron chi connectivity index (χ3n) is 1.53. The Labute approximate surface area is 64.2 Å². The van der Waals surface area contributed by atoms with Crippen LogP contribution in [0, 0.1) is 6.92 Å². The lowest BCUT2D eigenvalue weighted by molar-refractivity contribution is 1.50. The van der Waals surface area contributed by atoms with E-state index in [1.54, 1.807) is 0 Å². The van der Waals surface area contributed by atoms with E-state index in [0.717, 1.165) is 0 Å². The zero-order valence-electron chi connectivity index (χ0n) is 6.09. The van der Waals surface area contributed by atoms with Gasteiger partial charge in [0.05, 0.1) is 0 Å². The fourth-order valence-electron chi connectivity index (χ4n) is 0.826. The third kappa shape index (κ3) is 1.46. The van der Waals surface area contributed by atoms with Crippen LogP contribution in [-0.4, -0.2) is 0 Å². The molecule has 0 aliphatic rings. The van der Waals surface area contributed by atoms with E-state index in [-0.39, 0.29) is 0 Å². The number of aryl methyl sites for hydroxylation is 1. The van der Waals surface area contributed by atoms with E-state index in [2.05, 4.69) is 40.9 Å². The summed E-state index contributed by atoms with van der Waals surface area (Å²) in [5.41, 5.74) is 2.48. The number of hydrogen-bond donors (Lipinski definition) is 0. The lowest BCUT2D eigenvalue weighted by Crippen LogP contribution is -1.95. The molecular formula is C9H11P. The molecule has 0 heterocycles. The molecule has 0 saturated carbocycles. The molecule has 1 heteroatoms. The van der Waals surface area contributed by atoms with Crippen molar-refractivity contribution in [2.45, 2.75) is 6.92 Å². The van der Waals surface area contributed by atoms with Gasteiger partial charge in [-0.2, -0.15) is 0 Å². The Bertz CT molecular complexity index is 251. The zero-order chi connectivity index (χ0) is 7.56. The lowest BCUT2D eigenvalue weighted by Gasteiger charge is -1.99. The van der Waals surface area contributed by atoms with Crippen molar-refractivity contribution in [3.05, 3.63) is 35.9 Å². The SMILES string of the molecule is C=Cc1ccc(P)c(C)c1. The van der Waals surface area contributed by atoms with Gasteiger partial charge in [-0.05, 0) is 23.4 Å². The second kappa shape index (κ2) is 2.98. The second-order valence-corrected chi connectivity index (χ2v) is 2.94. The molecule has 52 valence electrons. The Kier molecular flexibility index (Phi) is 2.24. The first kappa shape index (κ1) is 7.50. The minimum atomic E-state index is 1.18. The molecule has 0 bridgehead atoms. The van der Waals surface area contributed by atoms with E-state index < -0.39 is 0 Å². The van der Waals surface area contributed by atoms with Crippen LogP contribution in [0.4, 0.5) is 0 Å². The summed E-state index contributed by atoms with van der Waals surface area (Å²) in [7, 11) is 2.70. The van der Waals surface area contributed by atoms with Crippen LogP contribution in [0.25, 0.3) is 6.08 Å². The average molecular weight is 150 g/mol. The van der Waals surface area contributed by atoms with Gasteiger partial charge in [-0.3, -0.25) is 0 Å². The maximum Gasteiger partial charge on any atom is -0.0259 e. The fourth-order valence-corrected chi connectivity index (χ4v) is 1.01. The topological polar surface area (TPSA) is 0 Å². The Hall–Kier alpha value is -0.610. The molecule has 1 aromatic carbocycles. The highest BCUT2D eigenvalue weighted by atomic mass is 31.0. The quantitative estimate of drug-likeness (QED) is 0.538. The molecule has 1 rings (SSSR count). The maximum absolute atomic E-state index is 3.69. The predicted octanol–water partition coefficient (Wildman–Crippen LogP) is 2.14. The van der Waals surface area contributed by atoms with Crippen molar-refractivity contribution in [3.8, 4) is 0 Å². The minimum absolute atomic E-state index is 1.18. The van der Waals surface area contributed by atoms with Gasteiger partial charge in [0.2, 0.25) is 0 Å². The van der Waals surface area contributed by atoms with Crippen molar-refractivity contribution < 1.29 is 0 Å². The average Bonchev–Trinajstić information content (AvgIpc) is 1.95. The zero-order valence-corrected chi connectivity index (χ0v) is 7.25. The van der Waals surface area contributed by atoms with Crippen molar-refractivity contribution in [2.24, 2.45) is 0 Å². The van der Waals surface area contributed by atoms with Crippen molar-refractivity contribution in [2.75, 3.05) is 0 Å².